The van der Waals surface area contributed by atoms with Crippen LogP contribution < -0.4 is 0 Å². The van der Waals surface area contributed by atoms with Crippen molar-refractivity contribution in [3.8, 4) is 0 Å². The average molecular weight is 289 g/mol. The van der Waals surface area contributed by atoms with E-state index in [1.165, 1.54) is 30.8 Å². The third kappa shape index (κ3) is 2.02. The molecule has 4 heterocycles. The van der Waals surface area contributed by atoms with Gasteiger partial charge in [-0.05, 0) is 49.9 Å². The summed E-state index contributed by atoms with van der Waals surface area (Å²) in [7, 11) is 0. The highest BCUT2D eigenvalue weighted by atomic mass is 32.2. The number of piperidine rings is 3. The van der Waals surface area contributed by atoms with Gasteiger partial charge in [0.1, 0.15) is 0 Å². The summed E-state index contributed by atoms with van der Waals surface area (Å²) in [6.07, 6.45) is 2.66. The molecule has 3 heteroatoms. The van der Waals surface area contributed by atoms with Crippen LogP contribution in [-0.2, 0) is 4.74 Å². The van der Waals surface area contributed by atoms with Crippen LogP contribution in [0.15, 0.2) is 35.2 Å². The molecule has 0 aliphatic carbocycles. The van der Waals surface area contributed by atoms with Crippen LogP contribution in [0.5, 0.6) is 0 Å². The number of fused-ring (bicyclic) bond motifs is 2. The van der Waals surface area contributed by atoms with Crippen LogP contribution in [0.25, 0.3) is 0 Å². The minimum atomic E-state index is 0.121. The van der Waals surface area contributed by atoms with E-state index in [1.54, 1.807) is 0 Å². The summed E-state index contributed by atoms with van der Waals surface area (Å²) in [5.41, 5.74) is 0.121. The number of hydrogen-bond acceptors (Lipinski definition) is 3. The van der Waals surface area contributed by atoms with Crippen molar-refractivity contribution in [2.45, 2.75) is 35.5 Å². The fourth-order valence-electron chi connectivity index (χ4n) is 4.34. The first-order chi connectivity index (χ1) is 9.78. The van der Waals surface area contributed by atoms with Gasteiger partial charge in [0.15, 0.2) is 0 Å². The van der Waals surface area contributed by atoms with Crippen LogP contribution in [0.4, 0.5) is 0 Å². The number of rotatable bonds is 2. The molecule has 20 heavy (non-hydrogen) atoms. The highest BCUT2D eigenvalue weighted by Crippen LogP contribution is 2.51. The Bertz CT molecular complexity index is 471. The Morgan fingerprint density at radius 2 is 1.95 bits per heavy atom. The Kier molecular flexibility index (Phi) is 3.32. The Labute approximate surface area is 125 Å². The molecular weight excluding hydrogens is 266 g/mol. The molecule has 1 spiro atoms. The predicted molar refractivity (Wildman–Crippen MR) is 83.1 cm³/mol. The predicted octanol–water partition coefficient (Wildman–Crippen LogP) is 3.28. The maximum atomic E-state index is 6.45. The van der Waals surface area contributed by atoms with E-state index in [4.69, 9.17) is 4.74 Å². The first-order valence-electron chi connectivity index (χ1n) is 7.86. The summed E-state index contributed by atoms with van der Waals surface area (Å²) in [4.78, 5) is 4.02. The molecule has 1 aromatic carbocycles. The lowest BCUT2D eigenvalue weighted by atomic mass is 9.72. The van der Waals surface area contributed by atoms with Crippen molar-refractivity contribution in [1.82, 2.24) is 4.90 Å². The van der Waals surface area contributed by atoms with Gasteiger partial charge >= 0.3 is 0 Å². The van der Waals surface area contributed by atoms with E-state index in [0.717, 1.165) is 19.1 Å². The van der Waals surface area contributed by atoms with Crippen molar-refractivity contribution in [3.05, 3.63) is 30.3 Å². The molecule has 2 bridgehead atoms. The molecular formula is C17H23NOS. The second-order valence-corrected chi connectivity index (χ2v) is 7.86. The molecule has 0 amide bonds. The van der Waals surface area contributed by atoms with Gasteiger partial charge in [0, 0.05) is 16.7 Å². The van der Waals surface area contributed by atoms with Crippen molar-refractivity contribution in [2.24, 2.45) is 11.8 Å². The lowest BCUT2D eigenvalue weighted by Crippen LogP contribution is -2.63. The second kappa shape index (κ2) is 5.04. The highest BCUT2D eigenvalue weighted by molar-refractivity contribution is 8.00. The van der Waals surface area contributed by atoms with Crippen molar-refractivity contribution in [2.75, 3.05) is 26.2 Å². The van der Waals surface area contributed by atoms with Crippen LogP contribution in [0.1, 0.15) is 19.8 Å². The second-order valence-electron chi connectivity index (χ2n) is 6.65. The Hall–Kier alpha value is -0.510. The van der Waals surface area contributed by atoms with Crippen LogP contribution in [-0.4, -0.2) is 42.0 Å². The largest absolute Gasteiger partial charge is 0.372 e. The van der Waals surface area contributed by atoms with E-state index in [2.05, 4.69) is 53.9 Å². The quantitative estimate of drug-likeness (QED) is 0.829. The van der Waals surface area contributed by atoms with Crippen molar-refractivity contribution in [3.63, 3.8) is 0 Å². The normalized spacial score (nSPS) is 43.2. The first-order valence-corrected chi connectivity index (χ1v) is 8.74. The Morgan fingerprint density at radius 1 is 1.20 bits per heavy atom. The van der Waals surface area contributed by atoms with Gasteiger partial charge in [-0.15, -0.1) is 11.8 Å². The monoisotopic (exact) mass is 289 g/mol. The van der Waals surface area contributed by atoms with E-state index in [0.29, 0.717) is 11.2 Å². The van der Waals surface area contributed by atoms with Gasteiger partial charge in [-0.2, -0.15) is 0 Å². The molecule has 5 rings (SSSR count). The van der Waals surface area contributed by atoms with Gasteiger partial charge in [-0.3, -0.25) is 0 Å². The smallest absolute Gasteiger partial charge is 0.0962 e. The van der Waals surface area contributed by atoms with Crippen LogP contribution in [0, 0.1) is 11.8 Å². The molecule has 4 aliphatic rings. The molecule has 1 aromatic rings. The maximum Gasteiger partial charge on any atom is 0.0962 e. The molecule has 4 aliphatic heterocycles. The fourth-order valence-corrected chi connectivity index (χ4v) is 5.80. The third-order valence-electron chi connectivity index (χ3n) is 5.37. The minimum absolute atomic E-state index is 0.121. The van der Waals surface area contributed by atoms with Crippen molar-refractivity contribution < 1.29 is 4.74 Å². The molecule has 4 saturated heterocycles. The summed E-state index contributed by atoms with van der Waals surface area (Å²) in [6.45, 7) is 7.04. The molecule has 0 aromatic heterocycles. The van der Waals surface area contributed by atoms with Crippen LogP contribution >= 0.6 is 11.8 Å². The molecule has 4 fully saturated rings. The minimum Gasteiger partial charge on any atom is -0.372 e. The molecule has 0 unspecified atom stereocenters. The summed E-state index contributed by atoms with van der Waals surface area (Å²) in [5.74, 6) is 1.43. The van der Waals surface area contributed by atoms with Gasteiger partial charge < -0.3 is 9.64 Å². The number of ether oxygens (including phenoxy) is 1. The van der Waals surface area contributed by atoms with E-state index < -0.39 is 0 Å². The summed E-state index contributed by atoms with van der Waals surface area (Å²) in [6, 6.07) is 10.9. The average Bonchev–Trinajstić information content (AvgIpc) is 2.79. The number of benzene rings is 1. The number of hydrogen-bond donors (Lipinski definition) is 0. The molecule has 2 nitrogen and oxygen atoms in total. The van der Waals surface area contributed by atoms with Crippen LogP contribution in [0.2, 0.25) is 0 Å². The van der Waals surface area contributed by atoms with Gasteiger partial charge in [0.25, 0.3) is 0 Å². The van der Waals surface area contributed by atoms with E-state index >= 15 is 0 Å². The van der Waals surface area contributed by atoms with Crippen molar-refractivity contribution >= 4 is 11.8 Å². The van der Waals surface area contributed by atoms with Gasteiger partial charge in [-0.25, -0.2) is 0 Å². The van der Waals surface area contributed by atoms with E-state index in [9.17, 15) is 0 Å². The van der Waals surface area contributed by atoms with E-state index in [-0.39, 0.29) is 5.60 Å². The number of nitrogens with zero attached hydrogens (tertiary/aromatic N) is 1. The van der Waals surface area contributed by atoms with Crippen LogP contribution in [0.3, 0.4) is 0 Å². The SMILES string of the molecule is C[C@@H]1CO[C@]2(CN3CCC2CC3)[C@H]1Sc1ccccc1. The van der Waals surface area contributed by atoms with E-state index in [1.807, 2.05) is 0 Å². The lowest BCUT2D eigenvalue weighted by Gasteiger charge is -2.53. The molecule has 0 radical (unpaired) electrons. The maximum absolute atomic E-state index is 6.45. The van der Waals surface area contributed by atoms with Gasteiger partial charge in [0.05, 0.1) is 12.2 Å². The standard InChI is InChI=1S/C17H23NOS/c1-13-11-19-17(12-18-9-7-14(17)8-10-18)16(13)20-15-5-3-2-4-6-15/h2-6,13-14,16H,7-12H2,1H3/t13-,16+,17+/m1/s1. The lowest BCUT2D eigenvalue weighted by molar-refractivity contribution is -0.120. The zero-order valence-corrected chi connectivity index (χ0v) is 12.9. The Morgan fingerprint density at radius 3 is 2.60 bits per heavy atom. The summed E-state index contributed by atoms with van der Waals surface area (Å²) in [5, 5.41) is 0.609. The molecule has 3 atom stereocenters. The zero-order chi connectivity index (χ0) is 13.6. The van der Waals surface area contributed by atoms with Gasteiger partial charge in [-0.1, -0.05) is 25.1 Å². The Balaban J connectivity index is 1.62. The first kappa shape index (κ1) is 13.2. The zero-order valence-electron chi connectivity index (χ0n) is 12.1. The molecule has 0 N–H and O–H groups in total. The van der Waals surface area contributed by atoms with Gasteiger partial charge in [0.2, 0.25) is 0 Å². The summed E-state index contributed by atoms with van der Waals surface area (Å²) >= 11 is 2.05. The number of thioether (sulfide) groups is 1. The highest BCUT2D eigenvalue weighted by Gasteiger charge is 2.57. The topological polar surface area (TPSA) is 12.5 Å². The third-order valence-corrected chi connectivity index (χ3v) is 7.03. The molecule has 108 valence electrons. The fraction of sp³-hybridized carbons (Fsp3) is 0.647. The molecule has 0 saturated carbocycles. The van der Waals surface area contributed by atoms with Crippen molar-refractivity contribution in [1.29, 1.82) is 0 Å². The summed E-state index contributed by atoms with van der Waals surface area (Å²) < 4.78 is 6.45.